The molecule has 1 aromatic rings. The summed E-state index contributed by atoms with van der Waals surface area (Å²) >= 11 is 0. The van der Waals surface area contributed by atoms with Gasteiger partial charge in [-0.2, -0.15) is 0 Å². The van der Waals surface area contributed by atoms with Gasteiger partial charge in [0.05, 0.1) is 11.7 Å². The number of aliphatic carboxylic acids is 1. The van der Waals surface area contributed by atoms with E-state index in [4.69, 9.17) is 5.11 Å². The van der Waals surface area contributed by atoms with Crippen LogP contribution in [0.25, 0.3) is 0 Å². The number of carboxylic acids is 1. The molecule has 1 aliphatic heterocycles. The van der Waals surface area contributed by atoms with E-state index in [2.05, 4.69) is 0 Å². The summed E-state index contributed by atoms with van der Waals surface area (Å²) < 4.78 is 25.8. The summed E-state index contributed by atoms with van der Waals surface area (Å²) in [7, 11) is -3.43. The third-order valence-electron chi connectivity index (χ3n) is 3.32. The first-order valence-electron chi connectivity index (χ1n) is 6.23. The van der Waals surface area contributed by atoms with Crippen molar-refractivity contribution in [1.29, 1.82) is 0 Å². The van der Waals surface area contributed by atoms with E-state index in [0.29, 0.717) is 19.4 Å². The van der Waals surface area contributed by atoms with Gasteiger partial charge in [-0.05, 0) is 18.4 Å². The lowest BCUT2D eigenvalue weighted by molar-refractivity contribution is -0.142. The van der Waals surface area contributed by atoms with Crippen molar-refractivity contribution in [2.45, 2.75) is 18.6 Å². The zero-order chi connectivity index (χ0) is 13.9. The van der Waals surface area contributed by atoms with Crippen LogP contribution in [-0.2, 0) is 20.6 Å². The molecule has 0 radical (unpaired) electrons. The maximum absolute atomic E-state index is 12.3. The lowest BCUT2D eigenvalue weighted by atomic mass is 10.0. The standard InChI is InChI=1S/C13H17NO4S/c15-13(16)12-7-4-8-14(9-12)19(17,18)10-11-5-2-1-3-6-11/h1-3,5-6,12H,4,7-10H2,(H,15,16)/t12-/m1/s1. The van der Waals surface area contributed by atoms with Crippen LogP contribution in [-0.4, -0.2) is 36.9 Å². The molecule has 0 unspecified atom stereocenters. The SMILES string of the molecule is O=C(O)[C@@H]1CCCN(S(=O)(=O)Cc2ccccc2)C1. The molecule has 6 heteroatoms. The van der Waals surface area contributed by atoms with E-state index in [0.717, 1.165) is 5.56 Å². The molecule has 0 spiro atoms. The van der Waals surface area contributed by atoms with Gasteiger partial charge in [-0.25, -0.2) is 12.7 Å². The summed E-state index contributed by atoms with van der Waals surface area (Å²) in [5.74, 6) is -1.57. The molecule has 104 valence electrons. The van der Waals surface area contributed by atoms with Gasteiger partial charge in [0.15, 0.2) is 0 Å². The molecule has 1 aromatic carbocycles. The first-order valence-corrected chi connectivity index (χ1v) is 7.84. The number of nitrogens with zero attached hydrogens (tertiary/aromatic N) is 1. The second kappa shape index (κ2) is 5.71. The summed E-state index contributed by atoms with van der Waals surface area (Å²) in [6.45, 7) is 0.503. The summed E-state index contributed by atoms with van der Waals surface area (Å²) in [5, 5.41) is 8.99. The minimum absolute atomic E-state index is 0.0693. The monoisotopic (exact) mass is 283 g/mol. The lowest BCUT2D eigenvalue weighted by Crippen LogP contribution is -2.42. The van der Waals surface area contributed by atoms with Crippen molar-refractivity contribution in [3.05, 3.63) is 35.9 Å². The van der Waals surface area contributed by atoms with Crippen molar-refractivity contribution >= 4 is 16.0 Å². The molecule has 1 saturated heterocycles. The maximum Gasteiger partial charge on any atom is 0.307 e. The predicted octanol–water partition coefficient (Wildman–Crippen LogP) is 1.31. The molecule has 1 fully saturated rings. The second-order valence-electron chi connectivity index (χ2n) is 4.78. The highest BCUT2D eigenvalue weighted by Gasteiger charge is 2.32. The number of rotatable bonds is 4. The Balaban J connectivity index is 2.09. The Morgan fingerprint density at radius 1 is 1.32 bits per heavy atom. The molecule has 1 atom stereocenters. The third-order valence-corrected chi connectivity index (χ3v) is 5.14. The Morgan fingerprint density at radius 3 is 2.63 bits per heavy atom. The van der Waals surface area contributed by atoms with Crippen LogP contribution in [0.15, 0.2) is 30.3 Å². The molecule has 1 heterocycles. The molecule has 19 heavy (non-hydrogen) atoms. The fourth-order valence-corrected chi connectivity index (χ4v) is 3.88. The van der Waals surface area contributed by atoms with Crippen molar-refractivity contribution in [3.8, 4) is 0 Å². The minimum atomic E-state index is -3.43. The van der Waals surface area contributed by atoms with E-state index in [1.54, 1.807) is 24.3 Å². The number of hydrogen-bond donors (Lipinski definition) is 1. The third kappa shape index (κ3) is 3.54. The quantitative estimate of drug-likeness (QED) is 0.904. The molecule has 1 aliphatic rings. The maximum atomic E-state index is 12.3. The van der Waals surface area contributed by atoms with E-state index in [1.807, 2.05) is 6.07 Å². The van der Waals surface area contributed by atoms with Gasteiger partial charge in [0.1, 0.15) is 0 Å². The predicted molar refractivity (Wildman–Crippen MR) is 71.0 cm³/mol. The average molecular weight is 283 g/mol. The van der Waals surface area contributed by atoms with Gasteiger partial charge < -0.3 is 5.11 Å². The molecular formula is C13H17NO4S. The Kier molecular flexibility index (Phi) is 4.21. The molecule has 0 saturated carbocycles. The van der Waals surface area contributed by atoms with Crippen LogP contribution >= 0.6 is 0 Å². The number of carbonyl (C=O) groups is 1. The Bertz CT molecular complexity index is 541. The van der Waals surface area contributed by atoms with Gasteiger partial charge in [-0.15, -0.1) is 0 Å². The van der Waals surface area contributed by atoms with Crippen LogP contribution in [0.5, 0.6) is 0 Å². The van der Waals surface area contributed by atoms with E-state index in [-0.39, 0.29) is 12.3 Å². The van der Waals surface area contributed by atoms with Crippen LogP contribution < -0.4 is 0 Å². The molecule has 0 bridgehead atoms. The smallest absolute Gasteiger partial charge is 0.307 e. The van der Waals surface area contributed by atoms with Crippen molar-refractivity contribution in [2.75, 3.05) is 13.1 Å². The Labute approximate surface area is 112 Å². The van der Waals surface area contributed by atoms with Gasteiger partial charge in [0, 0.05) is 13.1 Å². The van der Waals surface area contributed by atoms with Crippen molar-refractivity contribution in [2.24, 2.45) is 5.92 Å². The normalized spacial score (nSPS) is 21.2. The van der Waals surface area contributed by atoms with Gasteiger partial charge >= 0.3 is 5.97 Å². The van der Waals surface area contributed by atoms with Crippen LogP contribution in [0.2, 0.25) is 0 Å². The highest BCUT2D eigenvalue weighted by atomic mass is 32.2. The molecule has 0 aromatic heterocycles. The second-order valence-corrected chi connectivity index (χ2v) is 6.75. The molecule has 0 aliphatic carbocycles. The lowest BCUT2D eigenvalue weighted by Gasteiger charge is -2.29. The van der Waals surface area contributed by atoms with E-state index in [1.165, 1.54) is 4.31 Å². The summed E-state index contributed by atoms with van der Waals surface area (Å²) in [5.41, 5.74) is 0.722. The topological polar surface area (TPSA) is 74.7 Å². The summed E-state index contributed by atoms with van der Waals surface area (Å²) in [6, 6.07) is 8.94. The zero-order valence-corrected chi connectivity index (χ0v) is 11.3. The van der Waals surface area contributed by atoms with E-state index >= 15 is 0 Å². The number of sulfonamides is 1. The van der Waals surface area contributed by atoms with Crippen molar-refractivity contribution in [1.82, 2.24) is 4.31 Å². The van der Waals surface area contributed by atoms with E-state index in [9.17, 15) is 13.2 Å². The number of hydrogen-bond acceptors (Lipinski definition) is 3. The van der Waals surface area contributed by atoms with Crippen LogP contribution in [0.4, 0.5) is 0 Å². The highest BCUT2D eigenvalue weighted by Crippen LogP contribution is 2.21. The fraction of sp³-hybridized carbons (Fsp3) is 0.462. The summed E-state index contributed by atoms with van der Waals surface area (Å²) in [6.07, 6.45) is 1.15. The Hall–Kier alpha value is -1.40. The van der Waals surface area contributed by atoms with Gasteiger partial charge in [0.2, 0.25) is 10.0 Å². The number of benzene rings is 1. The molecule has 2 rings (SSSR count). The highest BCUT2D eigenvalue weighted by molar-refractivity contribution is 7.88. The first kappa shape index (κ1) is 14.0. The van der Waals surface area contributed by atoms with Crippen molar-refractivity contribution in [3.63, 3.8) is 0 Å². The van der Waals surface area contributed by atoms with Crippen LogP contribution in [0.3, 0.4) is 0 Å². The first-order chi connectivity index (χ1) is 8.99. The van der Waals surface area contributed by atoms with E-state index < -0.39 is 21.9 Å². The zero-order valence-electron chi connectivity index (χ0n) is 10.5. The average Bonchev–Trinajstić information content (AvgIpc) is 2.39. The number of piperidine rings is 1. The van der Waals surface area contributed by atoms with Gasteiger partial charge in [0.25, 0.3) is 0 Å². The summed E-state index contributed by atoms with van der Waals surface area (Å²) in [4.78, 5) is 11.0. The van der Waals surface area contributed by atoms with Gasteiger partial charge in [-0.1, -0.05) is 30.3 Å². The number of carboxylic acid groups (broad SMARTS) is 1. The van der Waals surface area contributed by atoms with Gasteiger partial charge in [-0.3, -0.25) is 4.79 Å². The molecule has 5 nitrogen and oxygen atoms in total. The molecule has 0 amide bonds. The molecule has 1 N–H and O–H groups in total. The van der Waals surface area contributed by atoms with Crippen LogP contribution in [0.1, 0.15) is 18.4 Å². The Morgan fingerprint density at radius 2 is 2.00 bits per heavy atom. The molecular weight excluding hydrogens is 266 g/mol. The van der Waals surface area contributed by atoms with Crippen LogP contribution in [0, 0.1) is 5.92 Å². The largest absolute Gasteiger partial charge is 0.481 e. The minimum Gasteiger partial charge on any atom is -0.481 e. The van der Waals surface area contributed by atoms with Crippen molar-refractivity contribution < 1.29 is 18.3 Å². The fourth-order valence-electron chi connectivity index (χ4n) is 2.27.